The number of pyridine rings is 1. The summed E-state index contributed by atoms with van der Waals surface area (Å²) in [5, 5.41) is 5.43. The number of fused-ring (bicyclic) bond motifs is 1. The number of carbonyl (C=O) groups excluding carboxylic acids is 1. The van der Waals surface area contributed by atoms with Crippen LogP contribution in [0.15, 0.2) is 36.9 Å². The van der Waals surface area contributed by atoms with Gasteiger partial charge in [0.2, 0.25) is 12.3 Å². The summed E-state index contributed by atoms with van der Waals surface area (Å²) in [6, 6.07) is 5.66. The Kier molecular flexibility index (Phi) is 6.07. The molecular formula is C16H20N6O2. The van der Waals surface area contributed by atoms with Crippen molar-refractivity contribution in [2.24, 2.45) is 0 Å². The van der Waals surface area contributed by atoms with Gasteiger partial charge in [-0.3, -0.25) is 9.20 Å². The number of nitrogens with zero attached hydrogens (tertiary/aromatic N) is 4. The number of hydrogen-bond acceptors (Lipinski definition) is 6. The molecule has 126 valence electrons. The smallest absolute Gasteiger partial charge is 0.212 e. The summed E-state index contributed by atoms with van der Waals surface area (Å²) in [6.45, 7) is 2.60. The molecule has 0 aromatic carbocycles. The van der Waals surface area contributed by atoms with Gasteiger partial charge in [0, 0.05) is 37.5 Å². The molecule has 2 N–H and O–H groups in total. The van der Waals surface area contributed by atoms with Gasteiger partial charge in [0.1, 0.15) is 17.8 Å². The molecule has 3 heterocycles. The van der Waals surface area contributed by atoms with E-state index in [9.17, 15) is 4.79 Å². The van der Waals surface area contributed by atoms with E-state index in [4.69, 9.17) is 4.74 Å². The number of hydrogen-bond donors (Lipinski definition) is 2. The zero-order valence-electron chi connectivity index (χ0n) is 13.9. The molecular weight excluding hydrogens is 308 g/mol. The summed E-state index contributed by atoms with van der Waals surface area (Å²) in [7, 11) is 3.43. The molecule has 1 amide bonds. The lowest BCUT2D eigenvalue weighted by Gasteiger charge is -2.02. The van der Waals surface area contributed by atoms with E-state index in [1.54, 1.807) is 19.6 Å². The van der Waals surface area contributed by atoms with Crippen molar-refractivity contribution in [2.45, 2.75) is 6.92 Å². The van der Waals surface area contributed by atoms with Crippen LogP contribution in [-0.2, 0) is 4.79 Å². The van der Waals surface area contributed by atoms with E-state index in [2.05, 4.69) is 25.6 Å². The van der Waals surface area contributed by atoms with Gasteiger partial charge < -0.3 is 15.4 Å². The maximum Gasteiger partial charge on any atom is 0.212 e. The molecule has 0 bridgehead atoms. The molecule has 0 saturated heterocycles. The Morgan fingerprint density at radius 3 is 2.71 bits per heavy atom. The number of nitrogens with one attached hydrogen (secondary N) is 2. The molecule has 24 heavy (non-hydrogen) atoms. The SMILES string of the molecule is CCNC=O.CNc1cn2cnc(-c3ccc(OC)nc3)cc2n1. The Morgan fingerprint density at radius 1 is 1.33 bits per heavy atom. The maximum absolute atomic E-state index is 9.29. The lowest BCUT2D eigenvalue weighted by atomic mass is 10.2. The number of anilines is 1. The highest BCUT2D eigenvalue weighted by Crippen LogP contribution is 2.20. The highest BCUT2D eigenvalue weighted by atomic mass is 16.5. The zero-order chi connectivity index (χ0) is 17.4. The second-order valence-electron chi connectivity index (χ2n) is 4.68. The molecule has 0 aliphatic rings. The molecule has 3 aromatic heterocycles. The van der Waals surface area contributed by atoms with E-state index in [0.717, 1.165) is 29.3 Å². The Hall–Kier alpha value is -3.16. The van der Waals surface area contributed by atoms with Crippen molar-refractivity contribution < 1.29 is 9.53 Å². The molecule has 3 aromatic rings. The van der Waals surface area contributed by atoms with Crippen LogP contribution in [0.25, 0.3) is 16.9 Å². The fourth-order valence-corrected chi connectivity index (χ4v) is 1.91. The first-order valence-electron chi connectivity index (χ1n) is 7.41. The number of rotatable bonds is 5. The number of amides is 1. The first kappa shape index (κ1) is 17.2. The van der Waals surface area contributed by atoms with Crippen molar-refractivity contribution >= 4 is 17.9 Å². The molecule has 0 aliphatic carbocycles. The minimum absolute atomic E-state index is 0.586. The summed E-state index contributed by atoms with van der Waals surface area (Å²) in [5.41, 5.74) is 2.60. The minimum atomic E-state index is 0.586. The minimum Gasteiger partial charge on any atom is -0.481 e. The van der Waals surface area contributed by atoms with E-state index in [1.165, 1.54) is 0 Å². The van der Waals surface area contributed by atoms with Gasteiger partial charge in [0.05, 0.1) is 19.0 Å². The number of ether oxygens (including phenoxy) is 1. The lowest BCUT2D eigenvalue weighted by Crippen LogP contribution is -2.07. The van der Waals surface area contributed by atoms with Gasteiger partial charge in [-0.15, -0.1) is 0 Å². The van der Waals surface area contributed by atoms with Crippen LogP contribution in [0.4, 0.5) is 5.82 Å². The third-order valence-electron chi connectivity index (χ3n) is 3.13. The van der Waals surface area contributed by atoms with Gasteiger partial charge in [-0.2, -0.15) is 0 Å². The van der Waals surface area contributed by atoms with Crippen LogP contribution in [0.3, 0.4) is 0 Å². The Balaban J connectivity index is 0.000000368. The summed E-state index contributed by atoms with van der Waals surface area (Å²) in [5.74, 6) is 1.40. The number of aromatic nitrogens is 4. The summed E-state index contributed by atoms with van der Waals surface area (Å²) in [4.78, 5) is 22.3. The molecule has 8 heteroatoms. The van der Waals surface area contributed by atoms with Crippen molar-refractivity contribution in [2.75, 3.05) is 26.0 Å². The fourth-order valence-electron chi connectivity index (χ4n) is 1.91. The molecule has 0 saturated carbocycles. The van der Waals surface area contributed by atoms with Crippen molar-refractivity contribution in [3.05, 3.63) is 36.9 Å². The number of imidazole rings is 1. The van der Waals surface area contributed by atoms with Crippen molar-refractivity contribution in [3.63, 3.8) is 0 Å². The predicted molar refractivity (Wildman–Crippen MR) is 92.1 cm³/mol. The Bertz CT molecular complexity index is 785. The summed E-state index contributed by atoms with van der Waals surface area (Å²) in [6.07, 6.45) is 6.04. The molecule has 0 radical (unpaired) electrons. The first-order valence-corrected chi connectivity index (χ1v) is 7.41. The van der Waals surface area contributed by atoms with Gasteiger partial charge in [-0.25, -0.2) is 15.0 Å². The van der Waals surface area contributed by atoms with Gasteiger partial charge in [-0.1, -0.05) is 0 Å². The topological polar surface area (TPSA) is 93.4 Å². The first-order chi connectivity index (χ1) is 11.7. The van der Waals surface area contributed by atoms with E-state index in [1.807, 2.05) is 42.8 Å². The maximum atomic E-state index is 9.29. The van der Waals surface area contributed by atoms with E-state index in [-0.39, 0.29) is 0 Å². The van der Waals surface area contributed by atoms with Gasteiger partial charge in [0.15, 0.2) is 0 Å². The standard InChI is InChI=1S/C13H13N5O.C3H7NO/c1-14-11-7-18-8-16-10(5-12(18)17-11)9-3-4-13(19-2)15-6-9;1-2-4-3-5/h3-8,14H,1-2H3;3H,2H2,1H3,(H,4,5). The van der Waals surface area contributed by atoms with Crippen LogP contribution < -0.4 is 15.4 Å². The van der Waals surface area contributed by atoms with Gasteiger partial charge in [-0.05, 0) is 13.0 Å². The summed E-state index contributed by atoms with van der Waals surface area (Å²) >= 11 is 0. The molecule has 0 aliphatic heterocycles. The van der Waals surface area contributed by atoms with E-state index in [0.29, 0.717) is 12.3 Å². The Morgan fingerprint density at radius 2 is 2.17 bits per heavy atom. The second kappa shape index (κ2) is 8.47. The molecule has 0 unspecified atom stereocenters. The Labute approximate surface area is 139 Å². The van der Waals surface area contributed by atoms with Crippen LogP contribution in [0.5, 0.6) is 5.88 Å². The van der Waals surface area contributed by atoms with Crippen LogP contribution in [-0.4, -0.2) is 46.5 Å². The van der Waals surface area contributed by atoms with Crippen molar-refractivity contribution in [1.82, 2.24) is 24.7 Å². The summed E-state index contributed by atoms with van der Waals surface area (Å²) < 4.78 is 6.90. The molecule has 8 nitrogen and oxygen atoms in total. The molecule has 0 fully saturated rings. The normalized spacial score (nSPS) is 9.79. The van der Waals surface area contributed by atoms with Crippen LogP contribution in [0.2, 0.25) is 0 Å². The molecule has 3 rings (SSSR count). The van der Waals surface area contributed by atoms with Crippen molar-refractivity contribution in [1.29, 1.82) is 0 Å². The molecule has 0 spiro atoms. The predicted octanol–water partition coefficient (Wildman–Crippen LogP) is 1.59. The van der Waals surface area contributed by atoms with Crippen LogP contribution >= 0.6 is 0 Å². The highest BCUT2D eigenvalue weighted by molar-refractivity contribution is 5.63. The third-order valence-corrected chi connectivity index (χ3v) is 3.13. The van der Waals surface area contributed by atoms with E-state index >= 15 is 0 Å². The largest absolute Gasteiger partial charge is 0.481 e. The average molecular weight is 328 g/mol. The lowest BCUT2D eigenvalue weighted by molar-refractivity contribution is -0.109. The number of carbonyl (C=O) groups is 1. The highest BCUT2D eigenvalue weighted by Gasteiger charge is 2.05. The van der Waals surface area contributed by atoms with Crippen LogP contribution in [0, 0.1) is 0 Å². The monoisotopic (exact) mass is 328 g/mol. The van der Waals surface area contributed by atoms with Crippen LogP contribution in [0.1, 0.15) is 6.92 Å². The van der Waals surface area contributed by atoms with E-state index < -0.39 is 0 Å². The van der Waals surface area contributed by atoms with Gasteiger partial charge in [0.25, 0.3) is 0 Å². The number of methoxy groups -OCH3 is 1. The zero-order valence-corrected chi connectivity index (χ0v) is 13.9. The second-order valence-corrected chi connectivity index (χ2v) is 4.68. The fraction of sp³-hybridized carbons (Fsp3) is 0.250. The quantitative estimate of drug-likeness (QED) is 0.691. The average Bonchev–Trinajstić information content (AvgIpc) is 3.05. The molecule has 0 atom stereocenters. The third kappa shape index (κ3) is 4.19. The van der Waals surface area contributed by atoms with Crippen molar-refractivity contribution in [3.8, 4) is 17.1 Å². The van der Waals surface area contributed by atoms with Gasteiger partial charge >= 0.3 is 0 Å².